The van der Waals surface area contributed by atoms with Gasteiger partial charge in [0.2, 0.25) is 0 Å². The molecule has 23 heteroatoms. The first kappa shape index (κ1) is 39.7. The van der Waals surface area contributed by atoms with E-state index in [1.54, 1.807) is 0 Å². The van der Waals surface area contributed by atoms with Crippen molar-refractivity contribution in [2.45, 2.75) is 81.6 Å². The lowest BCUT2D eigenvalue weighted by Crippen LogP contribution is -2.75. The molecular weight excluding hydrogens is 667 g/mol. The van der Waals surface area contributed by atoms with Crippen LogP contribution in [0.3, 0.4) is 0 Å². The van der Waals surface area contributed by atoms with Gasteiger partial charge in [-0.3, -0.25) is 4.79 Å². The number of Topliss-reactive ketones (excluding diaryl/α,β-unsaturated/α-hetero) is 1. The van der Waals surface area contributed by atoms with Crippen molar-refractivity contribution in [3.63, 3.8) is 0 Å². The number of halogens is 17. The van der Waals surface area contributed by atoms with E-state index in [0.29, 0.717) is 0 Å². The second-order valence-electron chi connectivity index (χ2n) is 9.34. The number of rotatable bonds is 13. The molecule has 0 saturated carbocycles. The van der Waals surface area contributed by atoms with E-state index in [0.717, 1.165) is 13.8 Å². The van der Waals surface area contributed by atoms with Crippen molar-refractivity contribution in [1.82, 2.24) is 0 Å². The molecule has 0 amide bonds. The predicted molar refractivity (Wildman–Crippen MR) is 109 cm³/mol. The highest BCUT2D eigenvalue weighted by atomic mass is 32.3. The Labute approximate surface area is 222 Å². The van der Waals surface area contributed by atoms with Crippen molar-refractivity contribution in [3.8, 4) is 0 Å². The van der Waals surface area contributed by atoms with Crippen LogP contribution in [0.2, 0.25) is 0 Å². The maximum Gasteiger partial charge on any atom is 0.460 e. The van der Waals surface area contributed by atoms with Gasteiger partial charge in [-0.05, 0) is 11.5 Å². The fraction of sp³-hybridized carbons (Fsp3) is 0.944. The van der Waals surface area contributed by atoms with Crippen molar-refractivity contribution in [2.75, 3.05) is 17.3 Å². The minimum Gasteiger partial charge on any atom is -0.298 e. The summed E-state index contributed by atoms with van der Waals surface area (Å²) in [4.78, 5) is 12.3. The standard InChI is InChI=1S/C18H21F17O4S2/c1-6-40(7-2,8-9(36)10(3,4)5)39-41(37,38)18(34,35)16(29,30)14(25,26)12(21,22)11(19,20)13(23,24)15(27,28)17(31,32)33/h6-8H2,1-5H3. The number of hydrogen-bond acceptors (Lipinski definition) is 4. The molecule has 0 rings (SSSR count). The lowest BCUT2D eigenvalue weighted by atomic mass is 9.91. The number of alkyl halides is 17. The predicted octanol–water partition coefficient (Wildman–Crippen LogP) is 7.67. The van der Waals surface area contributed by atoms with Crippen molar-refractivity contribution >= 4 is 26.2 Å². The van der Waals surface area contributed by atoms with Gasteiger partial charge in [-0.2, -0.15) is 83.1 Å². The maximum atomic E-state index is 14.4. The summed E-state index contributed by atoms with van der Waals surface area (Å²) in [5, 5.41) is -7.78. The van der Waals surface area contributed by atoms with Crippen LogP contribution in [0, 0.1) is 5.41 Å². The van der Waals surface area contributed by atoms with Crippen LogP contribution >= 0.6 is 10.3 Å². The Morgan fingerprint density at radius 3 is 1.12 bits per heavy atom. The minimum atomic E-state index is -8.93. The molecule has 0 saturated heterocycles. The van der Waals surface area contributed by atoms with Crippen molar-refractivity contribution in [3.05, 3.63) is 0 Å². The first-order valence-electron chi connectivity index (χ1n) is 10.4. The third-order valence-electron chi connectivity index (χ3n) is 5.52. The smallest absolute Gasteiger partial charge is 0.298 e. The quantitative estimate of drug-likeness (QED) is 0.187. The third kappa shape index (κ3) is 5.95. The molecule has 0 aliphatic carbocycles. The Bertz CT molecular complexity index is 1070. The van der Waals surface area contributed by atoms with Crippen molar-refractivity contribution in [1.29, 1.82) is 0 Å². The largest absolute Gasteiger partial charge is 0.460 e. The van der Waals surface area contributed by atoms with Crippen molar-refractivity contribution < 1.29 is 91.5 Å². The molecule has 41 heavy (non-hydrogen) atoms. The molecule has 0 N–H and O–H groups in total. The molecule has 0 aromatic rings. The third-order valence-corrected chi connectivity index (χ3v) is 11.2. The highest BCUT2D eigenvalue weighted by Gasteiger charge is 2.96. The van der Waals surface area contributed by atoms with E-state index < -0.39 is 95.8 Å². The molecule has 0 heterocycles. The lowest BCUT2D eigenvalue weighted by molar-refractivity contribution is -0.458. The number of carbonyl (C=O) groups is 1. The summed E-state index contributed by atoms with van der Waals surface area (Å²) in [6, 6.07) is 0. The first-order valence-corrected chi connectivity index (χ1v) is 13.9. The van der Waals surface area contributed by atoms with Crippen LogP contribution in [-0.2, 0) is 18.5 Å². The van der Waals surface area contributed by atoms with Crippen LogP contribution in [-0.4, -0.2) is 78.4 Å². The summed E-state index contributed by atoms with van der Waals surface area (Å²) in [6.07, 6.45) is -7.91. The van der Waals surface area contributed by atoms with Gasteiger partial charge in [0.1, 0.15) is 5.78 Å². The zero-order valence-corrected chi connectivity index (χ0v) is 22.6. The van der Waals surface area contributed by atoms with Crippen LogP contribution in [0.1, 0.15) is 34.6 Å². The summed E-state index contributed by atoms with van der Waals surface area (Å²) >= 11 is 0. The molecule has 0 radical (unpaired) electrons. The molecule has 4 nitrogen and oxygen atoms in total. The van der Waals surface area contributed by atoms with E-state index in [9.17, 15) is 87.8 Å². The Kier molecular flexibility index (Phi) is 10.4. The lowest BCUT2D eigenvalue weighted by Gasteiger charge is -2.43. The van der Waals surface area contributed by atoms with Gasteiger partial charge < -0.3 is 0 Å². The van der Waals surface area contributed by atoms with Crippen LogP contribution in [0.4, 0.5) is 74.6 Å². The number of carbonyl (C=O) groups excluding carboxylic acids is 1. The molecule has 0 aliphatic rings. The van der Waals surface area contributed by atoms with Gasteiger partial charge in [0.15, 0.2) is 0 Å². The van der Waals surface area contributed by atoms with E-state index in [1.165, 1.54) is 20.8 Å². The Morgan fingerprint density at radius 2 is 0.854 bits per heavy atom. The molecule has 0 atom stereocenters. The second kappa shape index (κ2) is 10.7. The van der Waals surface area contributed by atoms with E-state index in [1.807, 2.05) is 0 Å². The van der Waals surface area contributed by atoms with E-state index in [2.05, 4.69) is 3.63 Å². The molecular formula is C18H21F17O4S2. The zero-order valence-electron chi connectivity index (χ0n) is 21.0. The highest BCUT2D eigenvalue weighted by Crippen LogP contribution is 2.65. The van der Waals surface area contributed by atoms with E-state index in [4.69, 9.17) is 0 Å². The van der Waals surface area contributed by atoms with Gasteiger partial charge in [0.05, 0.1) is 5.75 Å². The van der Waals surface area contributed by atoms with Crippen LogP contribution in [0.5, 0.6) is 0 Å². The molecule has 248 valence electrons. The van der Waals surface area contributed by atoms with Crippen LogP contribution in [0.15, 0.2) is 0 Å². The van der Waals surface area contributed by atoms with Gasteiger partial charge in [-0.25, -0.2) is 3.63 Å². The average Bonchev–Trinajstić information content (AvgIpc) is 2.75. The summed E-state index contributed by atoms with van der Waals surface area (Å²) in [5.74, 6) is -55.9. The molecule has 0 unspecified atom stereocenters. The Hall–Kier alpha value is -1.26. The Morgan fingerprint density at radius 1 is 0.561 bits per heavy atom. The highest BCUT2D eigenvalue weighted by molar-refractivity contribution is 8.33. The Balaban J connectivity index is 7.06. The molecule has 0 aromatic heterocycles. The van der Waals surface area contributed by atoms with Gasteiger partial charge in [0.25, 0.3) is 0 Å². The normalized spacial score (nSPS) is 16.6. The summed E-state index contributed by atoms with van der Waals surface area (Å²) < 4.78 is 257. The van der Waals surface area contributed by atoms with Crippen LogP contribution < -0.4 is 0 Å². The van der Waals surface area contributed by atoms with Gasteiger partial charge in [-0.15, -0.1) is 10.3 Å². The minimum absolute atomic E-state index is 0.796. The monoisotopic (exact) mass is 688 g/mol. The van der Waals surface area contributed by atoms with E-state index >= 15 is 0 Å². The van der Waals surface area contributed by atoms with Gasteiger partial charge in [0, 0.05) is 5.41 Å². The fourth-order valence-electron chi connectivity index (χ4n) is 2.52. The molecule has 0 aromatic carbocycles. The summed E-state index contributed by atoms with van der Waals surface area (Å²) in [7, 11) is -11.6. The molecule has 0 aliphatic heterocycles. The number of ketones is 1. The van der Waals surface area contributed by atoms with E-state index in [-0.39, 0.29) is 0 Å². The topological polar surface area (TPSA) is 60.4 Å². The van der Waals surface area contributed by atoms with Gasteiger partial charge in [-0.1, -0.05) is 34.6 Å². The fourth-order valence-corrected chi connectivity index (χ4v) is 7.52. The SMILES string of the molecule is CCS(CC)(CC(=O)C(C)(C)C)OS(=O)(=O)C(F)(F)C(F)(F)C(F)(F)C(F)(F)C(F)(F)C(F)(F)C(F)(F)C(F)(F)F. The summed E-state index contributed by atoms with van der Waals surface area (Å²) in [6.45, 7) is 5.37. The average molecular weight is 688 g/mol. The van der Waals surface area contributed by atoms with Crippen LogP contribution in [0.25, 0.3) is 0 Å². The van der Waals surface area contributed by atoms with Gasteiger partial charge >= 0.3 is 57.1 Å². The molecule has 0 fully saturated rings. The maximum absolute atomic E-state index is 14.4. The summed E-state index contributed by atoms with van der Waals surface area (Å²) in [5.41, 5.74) is -1.40. The molecule has 0 spiro atoms. The zero-order chi connectivity index (χ0) is 33.9. The first-order chi connectivity index (χ1) is 17.5. The molecule has 0 bridgehead atoms. The second-order valence-corrected chi connectivity index (χ2v) is 14.7. The number of hydrogen-bond donors (Lipinski definition) is 0. The van der Waals surface area contributed by atoms with Crippen molar-refractivity contribution in [2.24, 2.45) is 5.41 Å².